The van der Waals surface area contributed by atoms with Crippen LogP contribution in [0.1, 0.15) is 58.9 Å². The fraction of sp³-hybridized carbons (Fsp3) is 0.160. The molecule has 0 radical (unpaired) electrons. The summed E-state index contributed by atoms with van der Waals surface area (Å²) >= 11 is 0. The number of aromatic carboxylic acids is 3. The maximum Gasteiger partial charge on any atom is 0.336 e. The van der Waals surface area contributed by atoms with Gasteiger partial charge in [0.1, 0.15) is 0 Å². The second-order valence-corrected chi connectivity index (χ2v) is 7.60. The van der Waals surface area contributed by atoms with Gasteiger partial charge in [-0.05, 0) is 61.1 Å². The van der Waals surface area contributed by atoms with Crippen LogP contribution < -0.4 is 0 Å². The van der Waals surface area contributed by atoms with E-state index in [1.165, 1.54) is 6.07 Å². The van der Waals surface area contributed by atoms with Gasteiger partial charge in [-0.25, -0.2) is 14.4 Å². The molecule has 3 aromatic carbocycles. The molecule has 0 heterocycles. The maximum atomic E-state index is 12.3. The lowest BCUT2D eigenvalue weighted by Gasteiger charge is -2.18. The first kappa shape index (κ1) is 21.8. The summed E-state index contributed by atoms with van der Waals surface area (Å²) in [5, 5.41) is 29.3. The molecule has 0 spiro atoms. The Hall–Kier alpha value is -3.93. The van der Waals surface area contributed by atoms with E-state index in [0.29, 0.717) is 27.8 Å². The Morgan fingerprint density at radius 2 is 1.23 bits per heavy atom. The summed E-state index contributed by atoms with van der Waals surface area (Å²) in [7, 11) is 0. The van der Waals surface area contributed by atoms with E-state index in [1.54, 1.807) is 56.3 Å². The van der Waals surface area contributed by atoms with Crippen molar-refractivity contribution >= 4 is 17.9 Å². The fourth-order valence-electron chi connectivity index (χ4n) is 4.02. The summed E-state index contributed by atoms with van der Waals surface area (Å²) in [6.07, 6.45) is 0.0893. The Morgan fingerprint density at radius 3 is 1.81 bits per heavy atom. The van der Waals surface area contributed by atoms with Crippen LogP contribution in [0.3, 0.4) is 0 Å². The average molecular weight is 418 g/mol. The lowest BCUT2D eigenvalue weighted by Crippen LogP contribution is -2.11. The standard InChI is InChI=1S/C25H22O6/c1-13-8-15(3)21(24(28)29)19(10-13)20-11-14(2)9-17(22(20)25(30)31)12-16-6-4-5-7-18(16)23(26)27/h4-11H,12H2,1-3H3,(H,26,27)(H,28,29)(H,30,31). The average Bonchev–Trinajstić information content (AvgIpc) is 2.66. The smallest absolute Gasteiger partial charge is 0.336 e. The highest BCUT2D eigenvalue weighted by Crippen LogP contribution is 2.34. The summed E-state index contributed by atoms with van der Waals surface area (Å²) < 4.78 is 0. The molecular formula is C25H22O6. The highest BCUT2D eigenvalue weighted by Gasteiger charge is 2.24. The predicted molar refractivity (Wildman–Crippen MR) is 116 cm³/mol. The molecule has 0 fully saturated rings. The number of benzene rings is 3. The van der Waals surface area contributed by atoms with Gasteiger partial charge in [0.25, 0.3) is 0 Å². The Kier molecular flexibility index (Phi) is 5.92. The number of carbonyl (C=O) groups is 3. The highest BCUT2D eigenvalue weighted by atomic mass is 16.4. The monoisotopic (exact) mass is 418 g/mol. The second kappa shape index (κ2) is 8.44. The first-order valence-corrected chi connectivity index (χ1v) is 9.63. The molecule has 0 aliphatic rings. The SMILES string of the molecule is Cc1cc(C)c(C(=O)O)c(-c2cc(C)cc(Cc3ccccc3C(=O)O)c2C(=O)O)c1. The van der Waals surface area contributed by atoms with Crippen molar-refractivity contribution in [1.29, 1.82) is 0 Å². The van der Waals surface area contributed by atoms with E-state index in [4.69, 9.17) is 0 Å². The van der Waals surface area contributed by atoms with Crippen LogP contribution in [0.2, 0.25) is 0 Å². The van der Waals surface area contributed by atoms with Crippen LogP contribution in [0.15, 0.2) is 48.5 Å². The van der Waals surface area contributed by atoms with Gasteiger partial charge in [0, 0.05) is 0 Å². The molecule has 0 saturated heterocycles. The third kappa shape index (κ3) is 4.33. The Labute approximate surface area is 179 Å². The van der Waals surface area contributed by atoms with E-state index in [0.717, 1.165) is 11.1 Å². The number of hydrogen-bond donors (Lipinski definition) is 3. The second-order valence-electron chi connectivity index (χ2n) is 7.60. The number of rotatable bonds is 6. The molecule has 6 heteroatoms. The molecule has 0 unspecified atom stereocenters. The number of carboxylic acids is 3. The van der Waals surface area contributed by atoms with Crippen LogP contribution in [0.25, 0.3) is 11.1 Å². The lowest BCUT2D eigenvalue weighted by molar-refractivity contribution is 0.0683. The molecule has 3 N–H and O–H groups in total. The van der Waals surface area contributed by atoms with Crippen LogP contribution in [0.5, 0.6) is 0 Å². The zero-order valence-electron chi connectivity index (χ0n) is 17.4. The zero-order valence-corrected chi connectivity index (χ0v) is 17.4. The van der Waals surface area contributed by atoms with Crippen molar-refractivity contribution in [3.05, 3.63) is 93.0 Å². The predicted octanol–water partition coefficient (Wildman–Crippen LogP) is 4.96. The van der Waals surface area contributed by atoms with Crippen molar-refractivity contribution in [2.24, 2.45) is 0 Å². The van der Waals surface area contributed by atoms with E-state index >= 15 is 0 Å². The maximum absolute atomic E-state index is 12.3. The first-order valence-electron chi connectivity index (χ1n) is 9.63. The summed E-state index contributed by atoms with van der Waals surface area (Å²) in [5.41, 5.74) is 3.76. The minimum atomic E-state index is -1.20. The molecule has 158 valence electrons. The van der Waals surface area contributed by atoms with E-state index in [1.807, 2.05) is 6.92 Å². The van der Waals surface area contributed by atoms with Gasteiger partial charge in [0.15, 0.2) is 0 Å². The molecule has 6 nitrogen and oxygen atoms in total. The molecular weight excluding hydrogens is 396 g/mol. The van der Waals surface area contributed by atoms with Crippen molar-refractivity contribution in [2.45, 2.75) is 27.2 Å². The van der Waals surface area contributed by atoms with Crippen molar-refractivity contribution in [3.8, 4) is 11.1 Å². The summed E-state index contributed by atoms with van der Waals surface area (Å²) in [5.74, 6) is -3.43. The minimum absolute atomic E-state index is 0.0294. The van der Waals surface area contributed by atoms with Gasteiger partial charge >= 0.3 is 17.9 Å². The van der Waals surface area contributed by atoms with Gasteiger partial charge in [0.2, 0.25) is 0 Å². The molecule has 0 aliphatic carbocycles. The summed E-state index contributed by atoms with van der Waals surface area (Å²) in [6, 6.07) is 13.2. The molecule has 3 aromatic rings. The van der Waals surface area contributed by atoms with Crippen LogP contribution in [0.4, 0.5) is 0 Å². The molecule has 0 bridgehead atoms. The van der Waals surface area contributed by atoms with Gasteiger partial charge < -0.3 is 15.3 Å². The fourth-order valence-corrected chi connectivity index (χ4v) is 4.02. The Bertz CT molecular complexity index is 1220. The molecule has 31 heavy (non-hydrogen) atoms. The lowest BCUT2D eigenvalue weighted by atomic mass is 9.86. The van der Waals surface area contributed by atoms with Gasteiger partial charge in [0.05, 0.1) is 16.7 Å². The summed E-state index contributed by atoms with van der Waals surface area (Å²) in [6.45, 7) is 5.30. The van der Waals surface area contributed by atoms with Gasteiger partial charge in [-0.3, -0.25) is 0 Å². The first-order chi connectivity index (χ1) is 14.6. The Balaban J connectivity index is 2.32. The van der Waals surface area contributed by atoms with E-state index < -0.39 is 17.9 Å². The van der Waals surface area contributed by atoms with Crippen LogP contribution in [-0.4, -0.2) is 33.2 Å². The van der Waals surface area contributed by atoms with E-state index in [9.17, 15) is 29.7 Å². The van der Waals surface area contributed by atoms with Gasteiger partial charge in [-0.2, -0.15) is 0 Å². The summed E-state index contributed by atoms with van der Waals surface area (Å²) in [4.78, 5) is 35.9. The van der Waals surface area contributed by atoms with Crippen molar-refractivity contribution < 1.29 is 29.7 Å². The molecule has 0 atom stereocenters. The number of aryl methyl sites for hydroxylation is 3. The van der Waals surface area contributed by atoms with Crippen molar-refractivity contribution in [2.75, 3.05) is 0 Å². The zero-order chi connectivity index (χ0) is 22.9. The largest absolute Gasteiger partial charge is 0.478 e. The van der Waals surface area contributed by atoms with Gasteiger partial charge in [-0.1, -0.05) is 53.6 Å². The number of carboxylic acid groups (broad SMARTS) is 3. The normalized spacial score (nSPS) is 10.7. The van der Waals surface area contributed by atoms with E-state index in [-0.39, 0.29) is 23.1 Å². The van der Waals surface area contributed by atoms with E-state index in [2.05, 4.69) is 0 Å². The van der Waals surface area contributed by atoms with Crippen molar-refractivity contribution in [1.82, 2.24) is 0 Å². The van der Waals surface area contributed by atoms with Crippen LogP contribution in [-0.2, 0) is 6.42 Å². The molecule has 3 rings (SSSR count). The molecule has 0 saturated carbocycles. The van der Waals surface area contributed by atoms with Crippen LogP contribution >= 0.6 is 0 Å². The van der Waals surface area contributed by atoms with Gasteiger partial charge in [-0.15, -0.1) is 0 Å². The topological polar surface area (TPSA) is 112 Å². The molecule has 0 aliphatic heterocycles. The van der Waals surface area contributed by atoms with Crippen molar-refractivity contribution in [3.63, 3.8) is 0 Å². The molecule has 0 amide bonds. The minimum Gasteiger partial charge on any atom is -0.478 e. The van der Waals surface area contributed by atoms with Crippen LogP contribution in [0, 0.1) is 20.8 Å². The number of hydrogen-bond acceptors (Lipinski definition) is 3. The third-order valence-corrected chi connectivity index (χ3v) is 5.19. The Morgan fingerprint density at radius 1 is 0.677 bits per heavy atom. The quantitative estimate of drug-likeness (QED) is 0.521. The highest BCUT2D eigenvalue weighted by molar-refractivity contribution is 6.04. The molecule has 0 aromatic heterocycles. The third-order valence-electron chi connectivity index (χ3n) is 5.19.